The SMILES string of the molecule is C=C/C(C)=C\C=C\C(=O)/C(C=C)=C/C=C/C. The van der Waals surface area contributed by atoms with Crippen LogP contribution in [-0.4, -0.2) is 5.78 Å². The van der Waals surface area contributed by atoms with E-state index in [0.29, 0.717) is 5.57 Å². The molecule has 0 aliphatic carbocycles. The standard InChI is InChI=1S/C15H18O/c1-5-8-11-14(7-3)15(16)12-9-10-13(4)6-2/h5-12H,2-3H2,1,4H3/b8-5+,12-9+,13-10-,14-11+. The summed E-state index contributed by atoms with van der Waals surface area (Å²) < 4.78 is 0. The Balaban J connectivity index is 4.67. The van der Waals surface area contributed by atoms with E-state index in [1.807, 2.05) is 32.1 Å². The first kappa shape index (κ1) is 14.1. The first-order valence-electron chi connectivity index (χ1n) is 5.12. The van der Waals surface area contributed by atoms with Crippen LogP contribution < -0.4 is 0 Å². The van der Waals surface area contributed by atoms with Gasteiger partial charge >= 0.3 is 0 Å². The molecule has 0 aromatic rings. The van der Waals surface area contributed by atoms with Gasteiger partial charge in [-0.3, -0.25) is 4.79 Å². The molecule has 0 radical (unpaired) electrons. The Hall–Kier alpha value is -1.89. The maximum Gasteiger partial charge on any atom is 0.185 e. The summed E-state index contributed by atoms with van der Waals surface area (Å²) >= 11 is 0. The van der Waals surface area contributed by atoms with Crippen molar-refractivity contribution in [3.63, 3.8) is 0 Å². The van der Waals surface area contributed by atoms with Crippen LogP contribution in [0.25, 0.3) is 0 Å². The molecule has 0 bridgehead atoms. The van der Waals surface area contributed by atoms with E-state index in [9.17, 15) is 4.79 Å². The molecule has 0 amide bonds. The average Bonchev–Trinajstić information content (AvgIpc) is 2.29. The zero-order valence-electron chi connectivity index (χ0n) is 9.94. The molecule has 0 saturated carbocycles. The van der Waals surface area contributed by atoms with Crippen molar-refractivity contribution in [1.29, 1.82) is 0 Å². The van der Waals surface area contributed by atoms with Gasteiger partial charge in [0.05, 0.1) is 0 Å². The highest BCUT2D eigenvalue weighted by Crippen LogP contribution is 2.01. The van der Waals surface area contributed by atoms with Crippen LogP contribution in [0.15, 0.2) is 72.9 Å². The predicted molar refractivity (Wildman–Crippen MR) is 71.2 cm³/mol. The van der Waals surface area contributed by atoms with Gasteiger partial charge in [-0.25, -0.2) is 0 Å². The largest absolute Gasteiger partial charge is 0.289 e. The van der Waals surface area contributed by atoms with Crippen molar-refractivity contribution < 1.29 is 4.79 Å². The molecule has 0 saturated heterocycles. The van der Waals surface area contributed by atoms with E-state index in [4.69, 9.17) is 0 Å². The molecule has 0 spiro atoms. The highest BCUT2D eigenvalue weighted by atomic mass is 16.1. The number of allylic oxidation sites excluding steroid dienone is 10. The van der Waals surface area contributed by atoms with Crippen molar-refractivity contribution in [3.8, 4) is 0 Å². The highest BCUT2D eigenvalue weighted by Gasteiger charge is 1.98. The number of hydrogen-bond donors (Lipinski definition) is 0. The first-order valence-corrected chi connectivity index (χ1v) is 5.12. The van der Waals surface area contributed by atoms with E-state index in [1.54, 1.807) is 24.3 Å². The van der Waals surface area contributed by atoms with Gasteiger partial charge in [0, 0.05) is 5.57 Å². The Morgan fingerprint density at radius 1 is 1.06 bits per heavy atom. The molecule has 0 unspecified atom stereocenters. The minimum atomic E-state index is -0.0544. The molecule has 0 rings (SSSR count). The van der Waals surface area contributed by atoms with E-state index in [0.717, 1.165) is 5.57 Å². The topological polar surface area (TPSA) is 17.1 Å². The Kier molecular flexibility index (Phi) is 7.43. The number of rotatable bonds is 6. The number of ketones is 1. The van der Waals surface area contributed by atoms with Crippen molar-refractivity contribution in [2.24, 2.45) is 0 Å². The van der Waals surface area contributed by atoms with Crippen LogP contribution in [0.2, 0.25) is 0 Å². The fraction of sp³-hybridized carbons (Fsp3) is 0.133. The Labute approximate surface area is 97.9 Å². The molecule has 0 aromatic heterocycles. The van der Waals surface area contributed by atoms with E-state index in [-0.39, 0.29) is 5.78 Å². The third kappa shape index (κ3) is 5.76. The monoisotopic (exact) mass is 214 g/mol. The summed E-state index contributed by atoms with van der Waals surface area (Å²) in [6, 6.07) is 0. The van der Waals surface area contributed by atoms with Crippen LogP contribution in [0.1, 0.15) is 13.8 Å². The van der Waals surface area contributed by atoms with Crippen molar-refractivity contribution in [2.75, 3.05) is 0 Å². The molecule has 0 aliphatic heterocycles. The summed E-state index contributed by atoms with van der Waals surface area (Å²) in [6.45, 7) is 11.1. The highest BCUT2D eigenvalue weighted by molar-refractivity contribution is 6.06. The maximum atomic E-state index is 11.6. The molecule has 16 heavy (non-hydrogen) atoms. The summed E-state index contributed by atoms with van der Waals surface area (Å²) in [5.74, 6) is -0.0544. The van der Waals surface area contributed by atoms with E-state index in [1.165, 1.54) is 6.08 Å². The van der Waals surface area contributed by atoms with Crippen molar-refractivity contribution in [2.45, 2.75) is 13.8 Å². The lowest BCUT2D eigenvalue weighted by molar-refractivity contribution is -0.111. The summed E-state index contributed by atoms with van der Waals surface area (Å²) in [5, 5.41) is 0. The van der Waals surface area contributed by atoms with Crippen LogP contribution in [-0.2, 0) is 4.79 Å². The van der Waals surface area contributed by atoms with E-state index in [2.05, 4.69) is 13.2 Å². The molecule has 0 fully saturated rings. The fourth-order valence-corrected chi connectivity index (χ4v) is 0.902. The van der Waals surface area contributed by atoms with Crippen molar-refractivity contribution in [3.05, 3.63) is 72.9 Å². The number of carbonyl (C=O) groups excluding carboxylic acids is 1. The average molecular weight is 214 g/mol. The van der Waals surface area contributed by atoms with Gasteiger partial charge in [-0.1, -0.05) is 61.3 Å². The maximum absolute atomic E-state index is 11.6. The third-order valence-corrected chi connectivity index (χ3v) is 1.90. The minimum Gasteiger partial charge on any atom is -0.289 e. The van der Waals surface area contributed by atoms with Crippen LogP contribution in [0, 0.1) is 0 Å². The predicted octanol–water partition coefficient (Wildman–Crippen LogP) is 3.93. The second kappa shape index (κ2) is 8.42. The van der Waals surface area contributed by atoms with Gasteiger partial charge in [-0.2, -0.15) is 0 Å². The van der Waals surface area contributed by atoms with Gasteiger partial charge in [0.1, 0.15) is 0 Å². The summed E-state index contributed by atoms with van der Waals surface area (Å²) in [7, 11) is 0. The molecule has 1 heteroatoms. The molecule has 84 valence electrons. The van der Waals surface area contributed by atoms with Gasteiger partial charge in [0.15, 0.2) is 5.78 Å². The van der Waals surface area contributed by atoms with Crippen molar-refractivity contribution >= 4 is 5.78 Å². The first-order chi connectivity index (χ1) is 7.65. The Morgan fingerprint density at radius 3 is 2.25 bits per heavy atom. The van der Waals surface area contributed by atoms with E-state index < -0.39 is 0 Å². The molecular weight excluding hydrogens is 196 g/mol. The lowest BCUT2D eigenvalue weighted by Crippen LogP contribution is -1.94. The van der Waals surface area contributed by atoms with Crippen LogP contribution in [0.4, 0.5) is 0 Å². The van der Waals surface area contributed by atoms with Crippen LogP contribution >= 0.6 is 0 Å². The quantitative estimate of drug-likeness (QED) is 0.483. The molecular formula is C15H18O. The van der Waals surface area contributed by atoms with Crippen LogP contribution in [0.5, 0.6) is 0 Å². The molecule has 1 nitrogen and oxygen atoms in total. The van der Waals surface area contributed by atoms with Gasteiger partial charge in [-0.15, -0.1) is 0 Å². The second-order valence-electron chi connectivity index (χ2n) is 3.19. The smallest absolute Gasteiger partial charge is 0.185 e. The Bertz CT molecular complexity index is 376. The fourth-order valence-electron chi connectivity index (χ4n) is 0.902. The van der Waals surface area contributed by atoms with E-state index >= 15 is 0 Å². The Morgan fingerprint density at radius 2 is 1.75 bits per heavy atom. The minimum absolute atomic E-state index is 0.0544. The zero-order chi connectivity index (χ0) is 12.4. The lowest BCUT2D eigenvalue weighted by atomic mass is 10.1. The summed E-state index contributed by atoms with van der Waals surface area (Å²) in [4.78, 5) is 11.6. The van der Waals surface area contributed by atoms with Crippen LogP contribution in [0.3, 0.4) is 0 Å². The van der Waals surface area contributed by atoms with Gasteiger partial charge in [0.2, 0.25) is 0 Å². The normalized spacial score (nSPS) is 13.4. The summed E-state index contributed by atoms with van der Waals surface area (Å²) in [6.07, 6.45) is 13.8. The zero-order valence-corrected chi connectivity index (χ0v) is 9.94. The number of carbonyl (C=O) groups is 1. The molecule has 0 N–H and O–H groups in total. The second-order valence-corrected chi connectivity index (χ2v) is 3.19. The lowest BCUT2D eigenvalue weighted by Gasteiger charge is -1.93. The summed E-state index contributed by atoms with van der Waals surface area (Å²) in [5.41, 5.74) is 1.60. The third-order valence-electron chi connectivity index (χ3n) is 1.90. The van der Waals surface area contributed by atoms with Gasteiger partial charge in [0.25, 0.3) is 0 Å². The molecule has 0 aliphatic rings. The molecule has 0 heterocycles. The van der Waals surface area contributed by atoms with Gasteiger partial charge < -0.3 is 0 Å². The molecule has 0 atom stereocenters. The number of hydrogen-bond acceptors (Lipinski definition) is 1. The van der Waals surface area contributed by atoms with Crippen molar-refractivity contribution in [1.82, 2.24) is 0 Å². The molecule has 0 aromatic carbocycles. The van der Waals surface area contributed by atoms with Gasteiger partial charge in [-0.05, 0) is 19.9 Å².